The molecule has 2 heterocycles. The van der Waals surface area contributed by atoms with E-state index in [2.05, 4.69) is 10.1 Å². The second kappa shape index (κ2) is 7.08. The molecule has 0 N–H and O–H groups in total. The molecule has 0 aliphatic rings. The lowest BCUT2D eigenvalue weighted by Crippen LogP contribution is -2.28. The number of aryl methyl sites for hydroxylation is 1. The number of likely N-dealkylation sites (N-methyl/N-ethyl adjacent to an activating group) is 1. The summed E-state index contributed by atoms with van der Waals surface area (Å²) in [6.45, 7) is 2.47. The van der Waals surface area contributed by atoms with Crippen LogP contribution < -0.4 is 0 Å². The van der Waals surface area contributed by atoms with E-state index in [1.54, 1.807) is 15.8 Å². The summed E-state index contributed by atoms with van der Waals surface area (Å²) < 4.78 is 1.79. The maximum atomic E-state index is 12.4. The topological polar surface area (TPSA) is 51.0 Å². The lowest BCUT2D eigenvalue weighted by atomic mass is 10.1. The minimum absolute atomic E-state index is 0.0742. The molecule has 1 amide bonds. The zero-order chi connectivity index (χ0) is 16.9. The molecule has 0 aliphatic carbocycles. The summed E-state index contributed by atoms with van der Waals surface area (Å²) in [4.78, 5) is 18.5. The molecule has 0 radical (unpaired) electrons. The number of carbonyl (C=O) groups is 1. The van der Waals surface area contributed by atoms with E-state index < -0.39 is 0 Å². The van der Waals surface area contributed by atoms with Crippen LogP contribution in [0.15, 0.2) is 60.9 Å². The van der Waals surface area contributed by atoms with Crippen molar-refractivity contribution in [3.05, 3.63) is 77.9 Å². The van der Waals surface area contributed by atoms with Gasteiger partial charge < -0.3 is 4.90 Å². The Labute approximate surface area is 141 Å². The van der Waals surface area contributed by atoms with Gasteiger partial charge in [-0.2, -0.15) is 5.10 Å². The third-order valence-corrected chi connectivity index (χ3v) is 3.83. The van der Waals surface area contributed by atoms with Crippen molar-refractivity contribution in [2.24, 2.45) is 0 Å². The predicted molar refractivity (Wildman–Crippen MR) is 92.7 cm³/mol. The Balaban J connectivity index is 1.61. The first-order chi connectivity index (χ1) is 11.6. The smallest absolute Gasteiger partial charge is 0.227 e. The van der Waals surface area contributed by atoms with Gasteiger partial charge in [0.25, 0.3) is 0 Å². The molecule has 0 saturated carbocycles. The minimum atomic E-state index is 0.0742. The van der Waals surface area contributed by atoms with Crippen LogP contribution in [0.1, 0.15) is 17.0 Å². The fourth-order valence-corrected chi connectivity index (χ4v) is 2.52. The molecular weight excluding hydrogens is 300 g/mol. The zero-order valence-corrected chi connectivity index (χ0v) is 13.9. The van der Waals surface area contributed by atoms with Crippen LogP contribution in [0, 0.1) is 6.92 Å². The molecule has 122 valence electrons. The Hall–Kier alpha value is -2.95. The number of aromatic nitrogens is 3. The third kappa shape index (κ3) is 3.87. The fourth-order valence-electron chi connectivity index (χ4n) is 2.52. The SMILES string of the molecule is Cc1cccc(CN(C)C(=O)Cc2ccc(-n3cccn3)cc2)n1. The number of hydrogen-bond donors (Lipinski definition) is 0. The van der Waals surface area contributed by atoms with E-state index in [1.165, 1.54) is 0 Å². The number of benzene rings is 1. The van der Waals surface area contributed by atoms with E-state index in [9.17, 15) is 4.79 Å². The largest absolute Gasteiger partial charge is 0.340 e. The number of pyridine rings is 1. The van der Waals surface area contributed by atoms with Crippen molar-refractivity contribution < 1.29 is 4.79 Å². The molecule has 0 atom stereocenters. The lowest BCUT2D eigenvalue weighted by Gasteiger charge is -2.17. The molecule has 0 saturated heterocycles. The molecular formula is C19H20N4O. The molecule has 0 bridgehead atoms. The van der Waals surface area contributed by atoms with Crippen LogP contribution >= 0.6 is 0 Å². The average Bonchev–Trinajstić information content (AvgIpc) is 3.10. The second-order valence-electron chi connectivity index (χ2n) is 5.81. The highest BCUT2D eigenvalue weighted by Crippen LogP contribution is 2.11. The van der Waals surface area contributed by atoms with Gasteiger partial charge in [-0.3, -0.25) is 9.78 Å². The molecule has 5 heteroatoms. The van der Waals surface area contributed by atoms with Crippen molar-refractivity contribution in [2.45, 2.75) is 19.9 Å². The van der Waals surface area contributed by atoms with Crippen LogP contribution in [0.5, 0.6) is 0 Å². The number of hydrogen-bond acceptors (Lipinski definition) is 3. The van der Waals surface area contributed by atoms with Gasteiger partial charge >= 0.3 is 0 Å². The summed E-state index contributed by atoms with van der Waals surface area (Å²) in [7, 11) is 1.81. The molecule has 0 spiro atoms. The fraction of sp³-hybridized carbons (Fsp3) is 0.211. The van der Waals surface area contributed by atoms with Crippen molar-refractivity contribution >= 4 is 5.91 Å². The highest BCUT2D eigenvalue weighted by molar-refractivity contribution is 5.78. The summed E-state index contributed by atoms with van der Waals surface area (Å²) in [5.74, 6) is 0.0742. The Bertz CT molecular complexity index is 810. The number of nitrogens with zero attached hydrogens (tertiary/aromatic N) is 4. The van der Waals surface area contributed by atoms with Crippen LogP contribution in [0.3, 0.4) is 0 Å². The van der Waals surface area contributed by atoms with Gasteiger partial charge in [-0.25, -0.2) is 4.68 Å². The van der Waals surface area contributed by atoms with Gasteiger partial charge in [0.15, 0.2) is 0 Å². The number of amides is 1. The summed E-state index contributed by atoms with van der Waals surface area (Å²) in [5, 5.41) is 4.19. The Kier molecular flexibility index (Phi) is 4.70. The van der Waals surface area contributed by atoms with E-state index in [1.807, 2.05) is 68.7 Å². The van der Waals surface area contributed by atoms with Crippen molar-refractivity contribution in [3.63, 3.8) is 0 Å². The monoisotopic (exact) mass is 320 g/mol. The molecule has 0 unspecified atom stereocenters. The molecule has 5 nitrogen and oxygen atoms in total. The maximum absolute atomic E-state index is 12.4. The third-order valence-electron chi connectivity index (χ3n) is 3.83. The molecule has 3 rings (SSSR count). The van der Waals surface area contributed by atoms with E-state index in [4.69, 9.17) is 0 Å². The Morgan fingerprint density at radius 2 is 1.92 bits per heavy atom. The molecule has 24 heavy (non-hydrogen) atoms. The summed E-state index contributed by atoms with van der Waals surface area (Å²) in [6, 6.07) is 15.6. The first kappa shape index (κ1) is 15.9. The lowest BCUT2D eigenvalue weighted by molar-refractivity contribution is -0.129. The highest BCUT2D eigenvalue weighted by Gasteiger charge is 2.11. The van der Waals surface area contributed by atoms with Gasteiger partial charge in [0, 0.05) is 25.1 Å². The van der Waals surface area contributed by atoms with Gasteiger partial charge in [0.2, 0.25) is 5.91 Å². The molecule has 2 aromatic heterocycles. The van der Waals surface area contributed by atoms with Gasteiger partial charge in [-0.05, 0) is 42.8 Å². The van der Waals surface area contributed by atoms with E-state index >= 15 is 0 Å². The summed E-state index contributed by atoms with van der Waals surface area (Å²) >= 11 is 0. The average molecular weight is 320 g/mol. The molecule has 1 aromatic carbocycles. The van der Waals surface area contributed by atoms with Crippen molar-refractivity contribution in [1.82, 2.24) is 19.7 Å². The van der Waals surface area contributed by atoms with Gasteiger partial charge in [-0.1, -0.05) is 18.2 Å². The van der Waals surface area contributed by atoms with Crippen molar-refractivity contribution in [3.8, 4) is 5.69 Å². The summed E-state index contributed by atoms with van der Waals surface area (Å²) in [5.41, 5.74) is 3.83. The van der Waals surface area contributed by atoms with Crippen LogP contribution in [0.2, 0.25) is 0 Å². The second-order valence-corrected chi connectivity index (χ2v) is 5.81. The quantitative estimate of drug-likeness (QED) is 0.726. The van der Waals surface area contributed by atoms with Crippen LogP contribution in [-0.2, 0) is 17.8 Å². The van der Waals surface area contributed by atoms with E-state index in [0.717, 1.165) is 22.6 Å². The van der Waals surface area contributed by atoms with Crippen LogP contribution in [-0.4, -0.2) is 32.6 Å². The Morgan fingerprint density at radius 1 is 1.12 bits per heavy atom. The normalized spacial score (nSPS) is 10.6. The van der Waals surface area contributed by atoms with E-state index in [-0.39, 0.29) is 5.91 Å². The number of carbonyl (C=O) groups excluding carboxylic acids is 1. The van der Waals surface area contributed by atoms with Gasteiger partial charge in [-0.15, -0.1) is 0 Å². The van der Waals surface area contributed by atoms with E-state index in [0.29, 0.717) is 13.0 Å². The van der Waals surface area contributed by atoms with Crippen molar-refractivity contribution in [2.75, 3.05) is 7.05 Å². The highest BCUT2D eigenvalue weighted by atomic mass is 16.2. The first-order valence-electron chi connectivity index (χ1n) is 7.87. The first-order valence-corrected chi connectivity index (χ1v) is 7.87. The zero-order valence-electron chi connectivity index (χ0n) is 13.9. The Morgan fingerprint density at radius 3 is 2.58 bits per heavy atom. The minimum Gasteiger partial charge on any atom is -0.340 e. The summed E-state index contributed by atoms with van der Waals surface area (Å²) in [6.07, 6.45) is 4.01. The van der Waals surface area contributed by atoms with Gasteiger partial charge in [0.1, 0.15) is 0 Å². The molecule has 3 aromatic rings. The molecule has 0 aliphatic heterocycles. The van der Waals surface area contributed by atoms with Crippen LogP contribution in [0.25, 0.3) is 5.69 Å². The predicted octanol–water partition coefficient (Wildman–Crippen LogP) is 2.78. The van der Waals surface area contributed by atoms with Gasteiger partial charge in [0.05, 0.1) is 24.3 Å². The maximum Gasteiger partial charge on any atom is 0.227 e. The number of rotatable bonds is 5. The standard InChI is InChI=1S/C19H20N4O/c1-15-5-3-6-17(21-15)14-22(2)19(24)13-16-7-9-18(10-8-16)23-12-4-11-20-23/h3-12H,13-14H2,1-2H3. The molecule has 0 fully saturated rings. The van der Waals surface area contributed by atoms with Crippen LogP contribution in [0.4, 0.5) is 0 Å². The van der Waals surface area contributed by atoms with Crippen molar-refractivity contribution in [1.29, 1.82) is 0 Å².